The van der Waals surface area contributed by atoms with Gasteiger partial charge in [0.25, 0.3) is 10.0 Å². The fraction of sp³-hybridized carbons (Fsp3) is 0.118. The van der Waals surface area contributed by atoms with Crippen LogP contribution in [0.15, 0.2) is 59.6 Å². The summed E-state index contributed by atoms with van der Waals surface area (Å²) in [5.74, 6) is 0.311. The van der Waals surface area contributed by atoms with E-state index in [-0.39, 0.29) is 4.90 Å². The molecule has 0 aliphatic rings. The first-order chi connectivity index (χ1) is 11.0. The number of nitrogens with one attached hydrogen (secondary N) is 1. The summed E-state index contributed by atoms with van der Waals surface area (Å²) >= 11 is 0. The summed E-state index contributed by atoms with van der Waals surface area (Å²) in [6.07, 6.45) is 1.63. The van der Waals surface area contributed by atoms with Crippen LogP contribution in [0.3, 0.4) is 0 Å². The molecule has 23 heavy (non-hydrogen) atoms. The first kappa shape index (κ1) is 15.3. The molecule has 1 aromatic heterocycles. The molecule has 0 fully saturated rings. The van der Waals surface area contributed by atoms with Crippen LogP contribution < -0.4 is 9.46 Å². The molecule has 5 nitrogen and oxygen atoms in total. The van der Waals surface area contributed by atoms with Crippen molar-refractivity contribution in [1.82, 2.24) is 4.98 Å². The van der Waals surface area contributed by atoms with Crippen molar-refractivity contribution >= 4 is 26.6 Å². The van der Waals surface area contributed by atoms with Crippen LogP contribution in [0.4, 0.5) is 5.69 Å². The van der Waals surface area contributed by atoms with Crippen LogP contribution in [-0.2, 0) is 10.0 Å². The number of ether oxygens (including phenoxy) is 1. The third kappa shape index (κ3) is 2.98. The predicted octanol–water partition coefficient (Wildman–Crippen LogP) is 3.35. The SMILES string of the molecule is COc1cc(C)ccc1S(=O)(=O)Nc1cccc2cccnc12. The van der Waals surface area contributed by atoms with Crippen LogP contribution >= 0.6 is 0 Å². The Morgan fingerprint density at radius 1 is 1.09 bits per heavy atom. The normalized spacial score (nSPS) is 11.4. The van der Waals surface area contributed by atoms with Crippen molar-refractivity contribution in [3.05, 3.63) is 60.3 Å². The number of aryl methyl sites for hydroxylation is 1. The van der Waals surface area contributed by atoms with Crippen molar-refractivity contribution in [2.45, 2.75) is 11.8 Å². The summed E-state index contributed by atoms with van der Waals surface area (Å²) in [6, 6.07) is 14.0. The quantitative estimate of drug-likeness (QED) is 0.797. The molecular formula is C17H16N2O3S. The molecule has 0 unspecified atom stereocenters. The molecule has 2 aromatic carbocycles. The second kappa shape index (κ2) is 5.89. The van der Waals surface area contributed by atoms with Gasteiger partial charge in [0.1, 0.15) is 10.6 Å². The number of pyridine rings is 1. The number of fused-ring (bicyclic) bond motifs is 1. The lowest BCUT2D eigenvalue weighted by Crippen LogP contribution is -2.14. The van der Waals surface area contributed by atoms with Crippen molar-refractivity contribution < 1.29 is 13.2 Å². The van der Waals surface area contributed by atoms with Crippen molar-refractivity contribution in [3.8, 4) is 5.75 Å². The van der Waals surface area contributed by atoms with Crippen molar-refractivity contribution in [3.63, 3.8) is 0 Å². The molecular weight excluding hydrogens is 312 g/mol. The van der Waals surface area contributed by atoms with E-state index in [4.69, 9.17) is 4.74 Å². The molecule has 0 aliphatic heterocycles. The van der Waals surface area contributed by atoms with Gasteiger partial charge in [0, 0.05) is 11.6 Å². The Balaban J connectivity index is 2.07. The number of para-hydroxylation sites is 1. The van der Waals surface area contributed by atoms with E-state index in [0.29, 0.717) is 17.0 Å². The van der Waals surface area contributed by atoms with Crippen molar-refractivity contribution in [2.24, 2.45) is 0 Å². The minimum atomic E-state index is -3.78. The molecule has 3 rings (SSSR count). The lowest BCUT2D eigenvalue weighted by atomic mass is 10.2. The summed E-state index contributed by atoms with van der Waals surface area (Å²) < 4.78 is 33.2. The maximum absolute atomic E-state index is 12.7. The lowest BCUT2D eigenvalue weighted by Gasteiger charge is -2.13. The summed E-state index contributed by atoms with van der Waals surface area (Å²) in [4.78, 5) is 4.35. The number of benzene rings is 2. The molecule has 3 aromatic rings. The van der Waals surface area contributed by atoms with Gasteiger partial charge in [-0.25, -0.2) is 8.42 Å². The molecule has 0 saturated heterocycles. The molecule has 0 spiro atoms. The first-order valence-corrected chi connectivity index (χ1v) is 8.51. The zero-order valence-electron chi connectivity index (χ0n) is 12.8. The van der Waals surface area contributed by atoms with Gasteiger partial charge in [-0.05, 0) is 36.8 Å². The van der Waals surface area contributed by atoms with Gasteiger partial charge >= 0.3 is 0 Å². The van der Waals surface area contributed by atoms with Gasteiger partial charge in [-0.2, -0.15) is 0 Å². The van der Waals surface area contributed by atoms with Gasteiger partial charge in [0.2, 0.25) is 0 Å². The van der Waals surface area contributed by atoms with E-state index < -0.39 is 10.0 Å². The van der Waals surface area contributed by atoms with Gasteiger partial charge in [0.05, 0.1) is 18.3 Å². The molecule has 0 amide bonds. The lowest BCUT2D eigenvalue weighted by molar-refractivity contribution is 0.402. The van der Waals surface area contributed by atoms with E-state index in [9.17, 15) is 8.42 Å². The highest BCUT2D eigenvalue weighted by atomic mass is 32.2. The van der Waals surface area contributed by atoms with Gasteiger partial charge in [-0.3, -0.25) is 9.71 Å². The standard InChI is InChI=1S/C17H16N2O3S/c1-12-8-9-16(15(11-12)22-2)23(20,21)19-14-7-3-5-13-6-4-10-18-17(13)14/h3-11,19H,1-2H3. The van der Waals surface area contributed by atoms with E-state index in [1.807, 2.05) is 25.1 Å². The van der Waals surface area contributed by atoms with Crippen LogP contribution in [-0.4, -0.2) is 20.5 Å². The van der Waals surface area contributed by atoms with Gasteiger partial charge < -0.3 is 4.74 Å². The Morgan fingerprint density at radius 3 is 2.65 bits per heavy atom. The number of sulfonamides is 1. The fourth-order valence-electron chi connectivity index (χ4n) is 2.38. The van der Waals surface area contributed by atoms with Gasteiger partial charge in [-0.15, -0.1) is 0 Å². The Kier molecular flexibility index (Phi) is 3.92. The summed E-state index contributed by atoms with van der Waals surface area (Å²) in [5.41, 5.74) is 1.96. The molecule has 0 atom stereocenters. The summed E-state index contributed by atoms with van der Waals surface area (Å²) in [5, 5.41) is 0.864. The molecule has 0 saturated carbocycles. The molecule has 118 valence electrons. The van der Waals surface area contributed by atoms with Crippen LogP contribution in [0.25, 0.3) is 10.9 Å². The summed E-state index contributed by atoms with van der Waals surface area (Å²) in [6.45, 7) is 1.88. The average molecular weight is 328 g/mol. The summed E-state index contributed by atoms with van der Waals surface area (Å²) in [7, 11) is -2.33. The number of aromatic nitrogens is 1. The Bertz CT molecular complexity index is 963. The van der Waals surface area contributed by atoms with Gasteiger partial charge in [0.15, 0.2) is 0 Å². The fourth-order valence-corrected chi connectivity index (χ4v) is 3.60. The van der Waals surface area contributed by atoms with E-state index in [2.05, 4.69) is 9.71 Å². The average Bonchev–Trinajstić information content (AvgIpc) is 2.54. The van der Waals surface area contributed by atoms with E-state index in [0.717, 1.165) is 10.9 Å². The molecule has 0 bridgehead atoms. The van der Waals surface area contributed by atoms with E-state index in [1.165, 1.54) is 13.2 Å². The molecule has 1 heterocycles. The maximum atomic E-state index is 12.7. The van der Waals surface area contributed by atoms with Crippen LogP contribution in [0.2, 0.25) is 0 Å². The zero-order chi connectivity index (χ0) is 16.4. The molecule has 0 radical (unpaired) electrons. The Labute approximate surface area is 135 Å². The van der Waals surface area contributed by atoms with Crippen LogP contribution in [0.1, 0.15) is 5.56 Å². The maximum Gasteiger partial charge on any atom is 0.265 e. The smallest absolute Gasteiger partial charge is 0.265 e. The number of methoxy groups -OCH3 is 1. The van der Waals surface area contributed by atoms with Crippen molar-refractivity contribution in [2.75, 3.05) is 11.8 Å². The minimum Gasteiger partial charge on any atom is -0.495 e. The largest absolute Gasteiger partial charge is 0.495 e. The van der Waals surface area contributed by atoms with Gasteiger partial charge in [-0.1, -0.05) is 24.3 Å². The third-order valence-electron chi connectivity index (χ3n) is 3.49. The van der Waals surface area contributed by atoms with Crippen LogP contribution in [0, 0.1) is 6.92 Å². The molecule has 6 heteroatoms. The second-order valence-corrected chi connectivity index (χ2v) is 6.79. The monoisotopic (exact) mass is 328 g/mol. The highest BCUT2D eigenvalue weighted by molar-refractivity contribution is 7.92. The van der Waals surface area contributed by atoms with E-state index in [1.54, 1.807) is 30.5 Å². The van der Waals surface area contributed by atoms with E-state index >= 15 is 0 Å². The topological polar surface area (TPSA) is 68.3 Å². The number of nitrogens with zero attached hydrogens (tertiary/aromatic N) is 1. The highest BCUT2D eigenvalue weighted by Crippen LogP contribution is 2.28. The number of hydrogen-bond acceptors (Lipinski definition) is 4. The first-order valence-electron chi connectivity index (χ1n) is 7.02. The Hall–Kier alpha value is -2.60. The second-order valence-electron chi connectivity index (χ2n) is 5.14. The number of hydrogen-bond donors (Lipinski definition) is 1. The number of rotatable bonds is 4. The predicted molar refractivity (Wildman–Crippen MR) is 90.3 cm³/mol. The third-order valence-corrected chi connectivity index (χ3v) is 4.89. The van der Waals surface area contributed by atoms with Crippen molar-refractivity contribution in [1.29, 1.82) is 0 Å². The van der Waals surface area contributed by atoms with Crippen LogP contribution in [0.5, 0.6) is 5.75 Å². The molecule has 0 aliphatic carbocycles. The Morgan fingerprint density at radius 2 is 1.87 bits per heavy atom. The number of anilines is 1. The molecule has 1 N–H and O–H groups in total. The highest BCUT2D eigenvalue weighted by Gasteiger charge is 2.20. The zero-order valence-corrected chi connectivity index (χ0v) is 13.6. The minimum absolute atomic E-state index is 0.0959.